The number of fused-ring (bicyclic) bond motifs is 10. The number of rotatable bonds is 1. The zero-order valence-electron chi connectivity index (χ0n) is 26.3. The summed E-state index contributed by atoms with van der Waals surface area (Å²) in [5.41, 5.74) is 8.46. The molecule has 5 heterocycles. The number of hydrogen-bond acceptors (Lipinski definition) is 5. The van der Waals surface area contributed by atoms with E-state index in [-0.39, 0.29) is 0 Å². The molecule has 0 saturated carbocycles. The molecule has 47 heavy (non-hydrogen) atoms. The summed E-state index contributed by atoms with van der Waals surface area (Å²) in [6.07, 6.45) is 3.18. The lowest BCUT2D eigenvalue weighted by Crippen LogP contribution is -2.34. The molecule has 2 aliphatic heterocycles. The molecule has 11 heteroatoms. The van der Waals surface area contributed by atoms with E-state index in [0.717, 1.165) is 97.0 Å². The average molecular weight is 685 g/mol. The van der Waals surface area contributed by atoms with E-state index in [2.05, 4.69) is 57.9 Å². The van der Waals surface area contributed by atoms with Crippen LogP contribution in [0.15, 0.2) is 59.5 Å². The molecule has 0 unspecified atom stereocenters. The van der Waals surface area contributed by atoms with Gasteiger partial charge in [0.2, 0.25) is 5.69 Å². The van der Waals surface area contributed by atoms with Crippen LogP contribution in [-0.2, 0) is 50.7 Å². The molecule has 8 nitrogen and oxygen atoms in total. The van der Waals surface area contributed by atoms with E-state index in [1.807, 2.05) is 41.6 Å². The molecule has 3 aromatic carbocycles. The zero-order chi connectivity index (χ0) is 32.2. The highest BCUT2D eigenvalue weighted by Gasteiger charge is 2.30. The molecule has 6 aromatic rings. The first kappa shape index (κ1) is 30.5. The molecule has 3 aromatic heterocycles. The van der Waals surface area contributed by atoms with Gasteiger partial charge in [-0.2, -0.15) is 10.2 Å². The number of aromatic amines is 1. The number of nitrogens with zero attached hydrogens (tertiary/aromatic N) is 4. The molecule has 2 aliphatic rings. The second kappa shape index (κ2) is 12.3. The molecule has 8 bridgehead atoms. The van der Waals surface area contributed by atoms with Crippen molar-refractivity contribution in [2.75, 3.05) is 6.61 Å². The molecule has 2 N–H and O–H groups in total. The Balaban J connectivity index is 1.26. The number of aromatic carboxylic acids is 1. The normalized spacial score (nSPS) is 15.4. The number of benzene rings is 3. The Labute approximate surface area is 286 Å². The van der Waals surface area contributed by atoms with Crippen LogP contribution >= 0.6 is 35.1 Å². The van der Waals surface area contributed by atoms with E-state index < -0.39 is 5.97 Å². The maximum absolute atomic E-state index is 12.8. The summed E-state index contributed by atoms with van der Waals surface area (Å²) in [5, 5.41) is 22.8. The predicted octanol–water partition coefficient (Wildman–Crippen LogP) is 7.70. The Hall–Kier alpha value is -3.86. The van der Waals surface area contributed by atoms with Crippen molar-refractivity contribution in [2.45, 2.75) is 54.4 Å². The minimum Gasteiger partial charge on any atom is -0.493 e. The standard InChI is InChI=1S/C36H34ClN5O3S2/c1-40-34-27-11-12-28(37)32(34)33-29(39-42-13-5-10-30(33)42)20-46-18-22-16-23(41(2)38-22)19-47-24-15-21-7-3-4-8-25(21)31(17-24)45-14-6-9-26(27)35(40)36(43)44/h3-4,7-8,11-12,15-17H,5-6,9-10,13-14,18-20H2,1-2H3,(H,43,44)/p+1. The van der Waals surface area contributed by atoms with Gasteiger partial charge in [-0.15, -0.1) is 28.2 Å². The van der Waals surface area contributed by atoms with Gasteiger partial charge in [0.15, 0.2) is 7.05 Å². The van der Waals surface area contributed by atoms with Crippen LogP contribution in [0.4, 0.5) is 0 Å². The number of carboxylic acids is 1. The largest absolute Gasteiger partial charge is 0.493 e. The fourth-order valence-corrected chi connectivity index (χ4v) is 9.37. The highest BCUT2D eigenvalue weighted by Crippen LogP contribution is 2.44. The maximum Gasteiger partial charge on any atom is 0.352 e. The van der Waals surface area contributed by atoms with Crippen molar-refractivity contribution < 1.29 is 19.3 Å². The molecule has 0 radical (unpaired) electrons. The Morgan fingerprint density at radius 1 is 1.04 bits per heavy atom. The van der Waals surface area contributed by atoms with Crippen molar-refractivity contribution in [2.24, 2.45) is 14.1 Å². The minimum absolute atomic E-state index is 0.296. The van der Waals surface area contributed by atoms with Gasteiger partial charge in [0, 0.05) is 63.7 Å². The number of halogens is 1. The molecular formula is C36H35ClN5O3S2+. The van der Waals surface area contributed by atoms with E-state index in [1.165, 1.54) is 11.4 Å². The van der Waals surface area contributed by atoms with Crippen molar-refractivity contribution in [1.82, 2.24) is 19.4 Å². The zero-order valence-corrected chi connectivity index (χ0v) is 28.7. The molecule has 0 fully saturated rings. The SMILES string of the molecule is Cn1c(C(=O)O)c2c3ccc(Cl)c(c31)-c1c(nn3c1CCC3)CSCc1cc([n+](C)[nH]1)CSc1cc(c3ccccc3c1)OCCC2. The second-order valence-electron chi connectivity index (χ2n) is 12.3. The van der Waals surface area contributed by atoms with Crippen molar-refractivity contribution >= 4 is 62.8 Å². The maximum atomic E-state index is 12.8. The van der Waals surface area contributed by atoms with Crippen LogP contribution in [-0.4, -0.2) is 37.1 Å². The van der Waals surface area contributed by atoms with Gasteiger partial charge in [-0.05, 0) is 54.8 Å². The quantitative estimate of drug-likeness (QED) is 0.173. The highest BCUT2D eigenvalue weighted by molar-refractivity contribution is 7.98. The number of hydrogen-bond donors (Lipinski definition) is 2. The van der Waals surface area contributed by atoms with E-state index in [9.17, 15) is 9.90 Å². The molecule has 0 spiro atoms. The molecule has 0 amide bonds. The van der Waals surface area contributed by atoms with Gasteiger partial charge < -0.3 is 14.4 Å². The first-order chi connectivity index (χ1) is 22.9. The van der Waals surface area contributed by atoms with Crippen LogP contribution in [0.3, 0.4) is 0 Å². The van der Waals surface area contributed by atoms with E-state index in [0.29, 0.717) is 30.2 Å². The average Bonchev–Trinajstić information content (AvgIpc) is 3.80. The third-order valence-electron chi connectivity index (χ3n) is 9.37. The van der Waals surface area contributed by atoms with Gasteiger partial charge in [0.25, 0.3) is 0 Å². The summed E-state index contributed by atoms with van der Waals surface area (Å²) in [4.78, 5) is 13.9. The van der Waals surface area contributed by atoms with Gasteiger partial charge in [0.1, 0.15) is 11.4 Å². The first-order valence-corrected chi connectivity index (χ1v) is 18.4. The fourth-order valence-electron chi connectivity index (χ4n) is 7.27. The Bertz CT molecular complexity index is 2200. The summed E-state index contributed by atoms with van der Waals surface area (Å²) >= 11 is 10.7. The second-order valence-corrected chi connectivity index (χ2v) is 14.8. The Kier molecular flexibility index (Phi) is 7.98. The lowest BCUT2D eigenvalue weighted by Gasteiger charge is -2.12. The van der Waals surface area contributed by atoms with Crippen LogP contribution in [0, 0.1) is 0 Å². The molecular weight excluding hydrogens is 650 g/mol. The van der Waals surface area contributed by atoms with Crippen LogP contribution < -0.4 is 9.42 Å². The molecule has 0 atom stereocenters. The fraction of sp³-hybridized carbons (Fsp3) is 0.306. The number of aryl methyl sites for hydroxylation is 4. The number of nitrogens with one attached hydrogen (secondary N) is 1. The van der Waals surface area contributed by atoms with Crippen molar-refractivity contribution in [3.63, 3.8) is 0 Å². The summed E-state index contributed by atoms with van der Waals surface area (Å²) in [5.74, 6) is 2.25. The van der Waals surface area contributed by atoms with E-state index in [1.54, 1.807) is 11.8 Å². The number of carbonyl (C=O) groups is 1. The van der Waals surface area contributed by atoms with Crippen LogP contribution in [0.25, 0.3) is 32.8 Å². The van der Waals surface area contributed by atoms with Gasteiger partial charge in [-0.25, -0.2) is 4.79 Å². The smallest absolute Gasteiger partial charge is 0.352 e. The highest BCUT2D eigenvalue weighted by atomic mass is 35.5. The number of aromatic nitrogens is 5. The third-order valence-corrected chi connectivity index (χ3v) is 11.7. The summed E-state index contributed by atoms with van der Waals surface area (Å²) in [6.45, 7) is 1.34. The van der Waals surface area contributed by atoms with Gasteiger partial charge >= 0.3 is 5.97 Å². The summed E-state index contributed by atoms with van der Waals surface area (Å²) in [6, 6.07) is 18.8. The minimum atomic E-state index is -0.943. The lowest BCUT2D eigenvalue weighted by atomic mass is 9.97. The molecule has 0 saturated heterocycles. The predicted molar refractivity (Wildman–Crippen MR) is 189 cm³/mol. The lowest BCUT2D eigenvalue weighted by molar-refractivity contribution is -0.733. The van der Waals surface area contributed by atoms with Crippen LogP contribution in [0.2, 0.25) is 5.02 Å². The van der Waals surface area contributed by atoms with E-state index in [4.69, 9.17) is 21.4 Å². The Morgan fingerprint density at radius 2 is 1.91 bits per heavy atom. The van der Waals surface area contributed by atoms with Crippen molar-refractivity contribution in [1.29, 1.82) is 0 Å². The van der Waals surface area contributed by atoms with Gasteiger partial charge in [-0.1, -0.05) is 41.9 Å². The van der Waals surface area contributed by atoms with Crippen molar-refractivity contribution in [3.8, 4) is 16.9 Å². The van der Waals surface area contributed by atoms with Gasteiger partial charge in [0.05, 0.1) is 34.3 Å². The third kappa shape index (κ3) is 5.40. The number of ether oxygens (including phenoxy) is 1. The molecule has 8 rings (SSSR count). The molecule has 240 valence electrons. The van der Waals surface area contributed by atoms with Crippen LogP contribution in [0.1, 0.15) is 51.7 Å². The number of H-pyrrole nitrogens is 1. The summed E-state index contributed by atoms with van der Waals surface area (Å²) < 4.78 is 12.5. The van der Waals surface area contributed by atoms with E-state index >= 15 is 0 Å². The topological polar surface area (TPSA) is 89.0 Å². The van der Waals surface area contributed by atoms with Crippen LogP contribution in [0.5, 0.6) is 5.75 Å². The van der Waals surface area contributed by atoms with Gasteiger partial charge in [-0.3, -0.25) is 4.68 Å². The monoisotopic (exact) mass is 684 g/mol. The summed E-state index contributed by atoms with van der Waals surface area (Å²) in [7, 11) is 3.91. The number of carboxylic acid groups (broad SMARTS) is 1. The number of thioether (sulfide) groups is 2. The molecule has 0 aliphatic carbocycles. The van der Waals surface area contributed by atoms with Crippen molar-refractivity contribution in [3.05, 3.63) is 93.7 Å². The first-order valence-electron chi connectivity index (χ1n) is 15.9. The Morgan fingerprint density at radius 3 is 2.79 bits per heavy atom.